The van der Waals surface area contributed by atoms with E-state index in [1.165, 1.54) is 5.56 Å². The van der Waals surface area contributed by atoms with E-state index >= 15 is 0 Å². The Labute approximate surface area is 138 Å². The van der Waals surface area contributed by atoms with Gasteiger partial charge in [0.1, 0.15) is 5.82 Å². The maximum Gasteiger partial charge on any atom is 0.119 e. The lowest BCUT2D eigenvalue weighted by molar-refractivity contribution is 0.536. The molecule has 117 valence electrons. The number of hydrogen-bond donors (Lipinski definition) is 0. The lowest BCUT2D eigenvalue weighted by Gasteiger charge is -2.19. The van der Waals surface area contributed by atoms with Crippen molar-refractivity contribution in [1.29, 1.82) is 0 Å². The second-order valence-corrected chi connectivity index (χ2v) is 6.85. The summed E-state index contributed by atoms with van der Waals surface area (Å²) in [6.07, 6.45) is 2.95. The van der Waals surface area contributed by atoms with E-state index in [1.807, 2.05) is 18.2 Å². The van der Waals surface area contributed by atoms with Crippen molar-refractivity contribution in [2.24, 2.45) is 0 Å². The maximum absolute atomic E-state index is 4.92. The van der Waals surface area contributed by atoms with Crippen molar-refractivity contribution in [3.63, 3.8) is 0 Å². The van der Waals surface area contributed by atoms with Crippen LogP contribution < -0.4 is 0 Å². The molecule has 0 unspecified atom stereocenters. The summed E-state index contributed by atoms with van der Waals surface area (Å²) in [5.74, 6) is 1.07. The van der Waals surface area contributed by atoms with E-state index in [4.69, 9.17) is 4.98 Å². The van der Waals surface area contributed by atoms with Gasteiger partial charge in [0.15, 0.2) is 0 Å². The zero-order valence-corrected chi connectivity index (χ0v) is 14.1. The van der Waals surface area contributed by atoms with Crippen LogP contribution in [0.2, 0.25) is 0 Å². The van der Waals surface area contributed by atoms with Crippen LogP contribution in [0.1, 0.15) is 32.2 Å². The maximum atomic E-state index is 4.92. The molecule has 0 bridgehead atoms. The molecule has 1 aromatic heterocycles. The van der Waals surface area contributed by atoms with E-state index < -0.39 is 0 Å². The normalized spacial score (nSPS) is 11.7. The van der Waals surface area contributed by atoms with Gasteiger partial charge in [0.25, 0.3) is 0 Å². The second-order valence-electron chi connectivity index (χ2n) is 6.85. The lowest BCUT2D eigenvalue weighted by atomic mass is 9.95. The third-order valence-electron chi connectivity index (χ3n) is 3.95. The Bertz CT molecular complexity index is 775. The van der Waals surface area contributed by atoms with Crippen LogP contribution in [-0.4, -0.2) is 9.55 Å². The summed E-state index contributed by atoms with van der Waals surface area (Å²) in [6.45, 7) is 10.5. The molecule has 0 saturated heterocycles. The summed E-state index contributed by atoms with van der Waals surface area (Å²) in [5, 5.41) is 0. The standard InChI is InChI=1S/C21H23N2/c1-5-16-11-13-18(14-12-16)23-15-19(17-9-7-6-8-10-17)22-20(23)21(2,3)4/h6-15H,1,5H2,2-4H3. The van der Waals surface area contributed by atoms with Crippen LogP contribution in [0, 0.1) is 6.92 Å². The largest absolute Gasteiger partial charge is 0.303 e. The fraction of sp³-hybridized carbons (Fsp3) is 0.238. The van der Waals surface area contributed by atoms with Crippen LogP contribution in [-0.2, 0) is 11.8 Å². The molecular formula is C21H23N2. The van der Waals surface area contributed by atoms with Gasteiger partial charge in [-0.1, -0.05) is 63.2 Å². The van der Waals surface area contributed by atoms with Gasteiger partial charge >= 0.3 is 0 Å². The van der Waals surface area contributed by atoms with Crippen LogP contribution in [0.5, 0.6) is 0 Å². The molecule has 0 N–H and O–H groups in total. The van der Waals surface area contributed by atoms with Gasteiger partial charge in [-0.3, -0.25) is 0 Å². The quantitative estimate of drug-likeness (QED) is 0.649. The number of hydrogen-bond acceptors (Lipinski definition) is 1. The fourth-order valence-electron chi connectivity index (χ4n) is 2.68. The Balaban J connectivity index is 2.12. The Morgan fingerprint density at radius 1 is 0.957 bits per heavy atom. The number of benzene rings is 2. The molecular weight excluding hydrogens is 280 g/mol. The van der Waals surface area contributed by atoms with Gasteiger partial charge < -0.3 is 4.57 Å². The van der Waals surface area contributed by atoms with Crippen LogP contribution >= 0.6 is 0 Å². The molecule has 0 aliphatic carbocycles. The third-order valence-corrected chi connectivity index (χ3v) is 3.95. The van der Waals surface area contributed by atoms with Gasteiger partial charge in [0.05, 0.1) is 5.69 Å². The third kappa shape index (κ3) is 3.21. The van der Waals surface area contributed by atoms with Crippen molar-refractivity contribution >= 4 is 0 Å². The van der Waals surface area contributed by atoms with Gasteiger partial charge in [-0.25, -0.2) is 4.98 Å². The van der Waals surface area contributed by atoms with E-state index in [1.54, 1.807) is 0 Å². The Morgan fingerprint density at radius 2 is 1.61 bits per heavy atom. The molecule has 0 amide bonds. The fourth-order valence-corrected chi connectivity index (χ4v) is 2.68. The minimum Gasteiger partial charge on any atom is -0.303 e. The van der Waals surface area contributed by atoms with Gasteiger partial charge in [0, 0.05) is 22.9 Å². The van der Waals surface area contributed by atoms with Crippen LogP contribution in [0.3, 0.4) is 0 Å². The van der Waals surface area contributed by atoms with Crippen molar-refractivity contribution in [2.45, 2.75) is 32.6 Å². The summed E-state index contributed by atoms with van der Waals surface area (Å²) in [5.41, 5.74) is 4.51. The molecule has 3 rings (SSSR count). The highest BCUT2D eigenvalue weighted by atomic mass is 15.1. The first kappa shape index (κ1) is 15.5. The Hall–Kier alpha value is -2.35. The summed E-state index contributed by atoms with van der Waals surface area (Å²) < 4.78 is 2.20. The highest BCUT2D eigenvalue weighted by Crippen LogP contribution is 2.29. The van der Waals surface area contributed by atoms with E-state index in [-0.39, 0.29) is 5.41 Å². The highest BCUT2D eigenvalue weighted by molar-refractivity contribution is 5.59. The van der Waals surface area contributed by atoms with E-state index in [0.29, 0.717) is 0 Å². The van der Waals surface area contributed by atoms with Gasteiger partial charge in [-0.05, 0) is 31.0 Å². The molecule has 1 radical (unpaired) electrons. The van der Waals surface area contributed by atoms with Crippen molar-refractivity contribution in [3.05, 3.63) is 79.1 Å². The zero-order chi connectivity index (χ0) is 16.4. The van der Waals surface area contributed by atoms with Crippen LogP contribution in [0.4, 0.5) is 0 Å². The number of nitrogens with zero attached hydrogens (tertiary/aromatic N) is 2. The van der Waals surface area contributed by atoms with Crippen LogP contribution in [0.25, 0.3) is 16.9 Å². The molecule has 2 nitrogen and oxygen atoms in total. The van der Waals surface area contributed by atoms with Crippen molar-refractivity contribution < 1.29 is 0 Å². The predicted octanol–water partition coefficient (Wildman–Crippen LogP) is 5.21. The Kier molecular flexibility index (Phi) is 4.08. The van der Waals surface area contributed by atoms with Gasteiger partial charge in [0.2, 0.25) is 0 Å². The molecule has 0 aliphatic heterocycles. The van der Waals surface area contributed by atoms with E-state index in [0.717, 1.165) is 29.2 Å². The molecule has 2 heteroatoms. The zero-order valence-electron chi connectivity index (χ0n) is 14.1. The first-order valence-corrected chi connectivity index (χ1v) is 8.03. The van der Waals surface area contributed by atoms with Crippen molar-refractivity contribution in [2.75, 3.05) is 0 Å². The average molecular weight is 303 g/mol. The van der Waals surface area contributed by atoms with E-state index in [2.05, 4.69) is 74.9 Å². The van der Waals surface area contributed by atoms with Crippen molar-refractivity contribution in [1.82, 2.24) is 9.55 Å². The molecule has 0 aliphatic rings. The molecule has 3 aromatic rings. The van der Waals surface area contributed by atoms with Crippen molar-refractivity contribution in [3.8, 4) is 16.9 Å². The highest BCUT2D eigenvalue weighted by Gasteiger charge is 2.22. The lowest BCUT2D eigenvalue weighted by Crippen LogP contribution is -2.18. The second kappa shape index (κ2) is 6.04. The summed E-state index contributed by atoms with van der Waals surface area (Å²) in [7, 11) is 0. The number of aromatic nitrogens is 2. The molecule has 0 atom stereocenters. The number of imidazole rings is 1. The summed E-state index contributed by atoms with van der Waals surface area (Å²) >= 11 is 0. The molecule has 23 heavy (non-hydrogen) atoms. The topological polar surface area (TPSA) is 17.8 Å². The minimum absolute atomic E-state index is 0.0297. The first-order chi connectivity index (χ1) is 11.0. The first-order valence-electron chi connectivity index (χ1n) is 8.03. The van der Waals surface area contributed by atoms with Crippen LogP contribution in [0.15, 0.2) is 60.8 Å². The van der Waals surface area contributed by atoms with E-state index in [9.17, 15) is 0 Å². The number of rotatable bonds is 3. The predicted molar refractivity (Wildman–Crippen MR) is 96.8 cm³/mol. The Morgan fingerprint density at radius 3 is 2.17 bits per heavy atom. The molecule has 1 heterocycles. The van der Waals surface area contributed by atoms with Gasteiger partial charge in [-0.15, -0.1) is 0 Å². The average Bonchev–Trinajstić information content (AvgIpc) is 3.01. The SMILES string of the molecule is [CH2]Cc1ccc(-n2cc(-c3ccccc3)nc2C(C)(C)C)cc1. The summed E-state index contributed by atoms with van der Waals surface area (Å²) in [6, 6.07) is 18.9. The minimum atomic E-state index is -0.0297. The molecule has 0 spiro atoms. The van der Waals surface area contributed by atoms with Gasteiger partial charge in [-0.2, -0.15) is 0 Å². The monoisotopic (exact) mass is 303 g/mol. The smallest absolute Gasteiger partial charge is 0.119 e. The molecule has 2 aromatic carbocycles. The molecule has 0 saturated carbocycles. The molecule has 0 fully saturated rings. The summed E-state index contributed by atoms with van der Waals surface area (Å²) in [4.78, 5) is 4.92.